The lowest BCUT2D eigenvalue weighted by Crippen LogP contribution is -2.45. The molecule has 9 heteroatoms. The maximum Gasteiger partial charge on any atom is 0.416 e. The van der Waals surface area contributed by atoms with Gasteiger partial charge in [-0.1, -0.05) is 19.1 Å². The largest absolute Gasteiger partial charge is 0.508 e. The van der Waals surface area contributed by atoms with Crippen molar-refractivity contribution in [3.8, 4) is 5.75 Å². The highest BCUT2D eigenvalue weighted by Crippen LogP contribution is 2.56. The van der Waals surface area contributed by atoms with Crippen LogP contribution in [0.5, 0.6) is 5.75 Å². The predicted molar refractivity (Wildman–Crippen MR) is 122 cm³/mol. The van der Waals surface area contributed by atoms with Crippen LogP contribution < -0.4 is 5.32 Å². The van der Waals surface area contributed by atoms with Gasteiger partial charge in [0.2, 0.25) is 5.91 Å². The Kier molecular flexibility index (Phi) is 7.84. The number of pyridine rings is 1. The number of hydrogen-bond acceptors (Lipinski definition) is 4. The van der Waals surface area contributed by atoms with Gasteiger partial charge in [-0.05, 0) is 73.6 Å². The van der Waals surface area contributed by atoms with Crippen LogP contribution in [0, 0.1) is 5.41 Å². The van der Waals surface area contributed by atoms with Crippen molar-refractivity contribution < 1.29 is 23.1 Å². The average Bonchev–Trinajstić information content (AvgIpc) is 3.50. The van der Waals surface area contributed by atoms with Crippen molar-refractivity contribution in [1.29, 1.82) is 0 Å². The van der Waals surface area contributed by atoms with E-state index in [1.165, 1.54) is 12.1 Å². The van der Waals surface area contributed by atoms with Crippen LogP contribution in [0.25, 0.3) is 0 Å². The topological polar surface area (TPSA) is 65.5 Å². The van der Waals surface area contributed by atoms with Crippen LogP contribution in [0.15, 0.2) is 42.7 Å². The molecule has 1 aliphatic carbocycles. The molecule has 1 aliphatic rings. The molecule has 0 bridgehead atoms. The molecule has 178 valence electrons. The van der Waals surface area contributed by atoms with Crippen molar-refractivity contribution in [2.45, 2.75) is 50.0 Å². The summed E-state index contributed by atoms with van der Waals surface area (Å²) in [7, 11) is 3.85. The molecule has 0 aliphatic heterocycles. The van der Waals surface area contributed by atoms with Crippen molar-refractivity contribution in [3.63, 3.8) is 0 Å². The number of likely N-dealkylation sites (N-methyl/N-ethyl adjacent to an activating group) is 1. The summed E-state index contributed by atoms with van der Waals surface area (Å²) >= 11 is 0. The molecule has 0 unspecified atom stereocenters. The molecule has 1 aromatic carbocycles. The van der Waals surface area contributed by atoms with E-state index < -0.39 is 17.5 Å². The van der Waals surface area contributed by atoms with Gasteiger partial charge in [0.05, 0.1) is 15.1 Å². The molecular weight excluding hydrogens is 447 g/mol. The number of alkyl halides is 3. The van der Waals surface area contributed by atoms with Gasteiger partial charge in [0, 0.05) is 31.0 Å². The molecule has 2 atom stereocenters. The molecule has 1 aromatic heterocycles. The van der Waals surface area contributed by atoms with E-state index in [0.29, 0.717) is 13.0 Å². The van der Waals surface area contributed by atoms with Crippen molar-refractivity contribution in [2.24, 2.45) is 5.41 Å². The van der Waals surface area contributed by atoms with Crippen LogP contribution in [0.4, 0.5) is 13.2 Å². The molecule has 1 heterocycles. The number of aromatic hydroxyl groups is 1. The zero-order valence-corrected chi connectivity index (χ0v) is 20.1. The number of phenols is 1. The number of carbonyl (C=O) groups excluding carboxylic acids is 1. The van der Waals surface area contributed by atoms with E-state index in [4.69, 9.17) is 0 Å². The highest BCUT2D eigenvalue weighted by molar-refractivity contribution is 6.37. The number of halogens is 3. The van der Waals surface area contributed by atoms with Gasteiger partial charge in [0.25, 0.3) is 0 Å². The lowest BCUT2D eigenvalue weighted by Gasteiger charge is -2.26. The van der Waals surface area contributed by atoms with Crippen LogP contribution >= 0.6 is 0 Å². The Morgan fingerprint density at radius 3 is 2.61 bits per heavy atom. The fraction of sp³-hybridized carbons (Fsp3) is 0.500. The summed E-state index contributed by atoms with van der Waals surface area (Å²) in [4.78, 5) is 18.9. The van der Waals surface area contributed by atoms with Gasteiger partial charge >= 0.3 is 6.18 Å². The minimum atomic E-state index is -4.53. The first-order valence-electron chi connectivity index (χ1n) is 10.9. The van der Waals surface area contributed by atoms with Gasteiger partial charge in [-0.3, -0.25) is 9.78 Å². The fourth-order valence-corrected chi connectivity index (χ4v) is 5.39. The first kappa shape index (κ1) is 25.2. The van der Waals surface area contributed by atoms with Crippen molar-refractivity contribution in [2.75, 3.05) is 20.6 Å². The normalized spacial score (nSPS) is 16.9. The smallest absolute Gasteiger partial charge is 0.416 e. The summed E-state index contributed by atoms with van der Waals surface area (Å²) in [6.45, 7) is 2.55. The number of carbonyl (C=O) groups is 1. The maximum atomic E-state index is 13.3. The molecule has 1 amide bonds. The summed E-state index contributed by atoms with van der Waals surface area (Å²) in [5, 5.41) is 12.5. The van der Waals surface area contributed by atoms with E-state index in [1.54, 1.807) is 6.20 Å². The minimum absolute atomic E-state index is 0.0609. The third-order valence-electron chi connectivity index (χ3n) is 6.40. The molecule has 5 nitrogen and oxygen atoms in total. The van der Waals surface area contributed by atoms with Gasteiger partial charge in [0.15, 0.2) is 0 Å². The molecule has 3 rings (SSSR count). The van der Waals surface area contributed by atoms with Crippen LogP contribution in [0.2, 0.25) is 0 Å². The third-order valence-corrected chi connectivity index (χ3v) is 8.18. The summed E-state index contributed by atoms with van der Waals surface area (Å²) in [6.07, 6.45) is 1.53. The number of benzene rings is 1. The van der Waals surface area contributed by atoms with E-state index >= 15 is 0 Å². The van der Waals surface area contributed by atoms with E-state index in [1.807, 2.05) is 37.3 Å². The highest BCUT2D eigenvalue weighted by atomic mass is 28.2. The standard InChI is InChI=1S/C24H30F3N3O2Si/c1-23(8-9-23)19(16-5-4-10-28-13-16)12-21(32)29-14-22(30(2)3)33-15-17-6-7-18(31)11-20(17)24(25,26)27/h4-7,10-11,13,19,22,31H,8-9,12,14-15H2,1-3H3,(H,29,32)/t19-,22+/m1/s1. The Bertz CT molecular complexity index is 950. The lowest BCUT2D eigenvalue weighted by molar-refractivity contribution is -0.138. The molecule has 2 aromatic rings. The summed E-state index contributed by atoms with van der Waals surface area (Å²) in [6, 6.07) is 7.47. The van der Waals surface area contributed by atoms with Crippen LogP contribution in [-0.2, 0) is 17.0 Å². The Hall–Kier alpha value is -2.39. The number of nitrogens with one attached hydrogen (secondary N) is 1. The number of amides is 1. The van der Waals surface area contributed by atoms with Crippen LogP contribution in [-0.4, -0.2) is 56.7 Å². The molecular formula is C24H30F3N3O2Si. The lowest BCUT2D eigenvalue weighted by atomic mass is 9.82. The molecule has 0 saturated heterocycles. The number of phenolic OH excluding ortho intramolecular Hbond substituents is 1. The van der Waals surface area contributed by atoms with E-state index in [-0.39, 0.29) is 44.0 Å². The number of hydrogen-bond donors (Lipinski definition) is 2. The van der Waals surface area contributed by atoms with Crippen molar-refractivity contribution in [3.05, 3.63) is 59.4 Å². The van der Waals surface area contributed by atoms with Crippen molar-refractivity contribution in [1.82, 2.24) is 15.2 Å². The average molecular weight is 478 g/mol. The molecule has 1 fully saturated rings. The second-order valence-corrected chi connectivity index (χ2v) is 10.6. The van der Waals surface area contributed by atoms with Gasteiger partial charge < -0.3 is 15.3 Å². The van der Waals surface area contributed by atoms with Crippen LogP contribution in [0.1, 0.15) is 48.8 Å². The summed E-state index contributed by atoms with van der Waals surface area (Å²) in [5.41, 5.74) is 0.405. The number of nitrogens with zero attached hydrogens (tertiary/aromatic N) is 2. The van der Waals surface area contributed by atoms with Crippen LogP contribution in [0.3, 0.4) is 0 Å². The van der Waals surface area contributed by atoms with Gasteiger partial charge in [-0.15, -0.1) is 0 Å². The van der Waals surface area contributed by atoms with Crippen molar-refractivity contribution >= 4 is 15.4 Å². The molecule has 33 heavy (non-hydrogen) atoms. The zero-order chi connectivity index (χ0) is 24.2. The first-order chi connectivity index (χ1) is 15.5. The zero-order valence-electron chi connectivity index (χ0n) is 19.1. The highest BCUT2D eigenvalue weighted by Gasteiger charge is 2.46. The molecule has 0 spiro atoms. The Morgan fingerprint density at radius 1 is 1.30 bits per heavy atom. The van der Waals surface area contributed by atoms with Gasteiger partial charge in [0.1, 0.15) is 5.75 Å². The second-order valence-electron chi connectivity index (χ2n) is 9.20. The predicted octanol–water partition coefficient (Wildman–Crippen LogP) is 3.99. The number of aromatic nitrogens is 1. The first-order valence-corrected chi connectivity index (χ1v) is 12.2. The van der Waals surface area contributed by atoms with Gasteiger partial charge in [-0.25, -0.2) is 0 Å². The van der Waals surface area contributed by atoms with E-state index in [2.05, 4.69) is 17.2 Å². The Balaban J connectivity index is 1.60. The molecule has 2 radical (unpaired) electrons. The summed E-state index contributed by atoms with van der Waals surface area (Å²) < 4.78 is 40.0. The number of rotatable bonds is 10. The third kappa shape index (κ3) is 6.80. The van der Waals surface area contributed by atoms with Gasteiger partial charge in [-0.2, -0.15) is 13.2 Å². The minimum Gasteiger partial charge on any atom is -0.508 e. The Morgan fingerprint density at radius 2 is 2.03 bits per heavy atom. The SMILES string of the molecule is CN(C)[C@H](CNC(=O)C[C@H](c1cccnc1)C1(C)CC1)[Si]Cc1ccc(O)cc1C(F)(F)F. The molecule has 2 N–H and O–H groups in total. The monoisotopic (exact) mass is 477 g/mol. The summed E-state index contributed by atoms with van der Waals surface area (Å²) in [5.74, 6) is -0.370. The van der Waals surface area contributed by atoms with E-state index in [9.17, 15) is 23.1 Å². The quantitative estimate of drug-likeness (QED) is 0.508. The Labute approximate surface area is 195 Å². The van der Waals surface area contributed by atoms with E-state index in [0.717, 1.165) is 24.5 Å². The second kappa shape index (κ2) is 10.3. The maximum absolute atomic E-state index is 13.3. The molecule has 1 saturated carbocycles. The fourth-order valence-electron chi connectivity index (χ4n) is 4.01.